The largest absolute Gasteiger partial charge is 0.362 e. The smallest absolute Gasteiger partial charge is 0.161 e. The van der Waals surface area contributed by atoms with Gasteiger partial charge < -0.3 is 9.47 Å². The Kier molecular flexibility index (Phi) is 3.03. The second-order valence-corrected chi connectivity index (χ2v) is 5.09. The molecule has 1 aromatic carbocycles. The molecule has 19 heavy (non-hydrogen) atoms. The molecule has 3 rings (SSSR count). The van der Waals surface area contributed by atoms with Crippen molar-refractivity contribution < 1.29 is 4.79 Å². The van der Waals surface area contributed by atoms with E-state index in [9.17, 15) is 4.79 Å². The molecule has 98 valence electrons. The van der Waals surface area contributed by atoms with Gasteiger partial charge in [-0.1, -0.05) is 11.6 Å². The Morgan fingerprint density at radius 2 is 2.21 bits per heavy atom. The van der Waals surface area contributed by atoms with Crippen molar-refractivity contribution in [3.63, 3.8) is 0 Å². The van der Waals surface area contributed by atoms with Gasteiger partial charge in [0.25, 0.3) is 0 Å². The van der Waals surface area contributed by atoms with Crippen LogP contribution in [0.25, 0.3) is 0 Å². The molecule has 0 bridgehead atoms. The van der Waals surface area contributed by atoms with Crippen molar-refractivity contribution in [2.75, 3.05) is 11.4 Å². The Bertz CT molecular complexity index is 635. The summed E-state index contributed by atoms with van der Waals surface area (Å²) in [5, 5.41) is 0.513. The second-order valence-electron chi connectivity index (χ2n) is 4.68. The van der Waals surface area contributed by atoms with E-state index in [1.807, 2.05) is 24.5 Å². The summed E-state index contributed by atoms with van der Waals surface area (Å²) in [6.45, 7) is 4.13. The maximum atomic E-state index is 11.4. The van der Waals surface area contributed by atoms with E-state index >= 15 is 0 Å². The summed E-state index contributed by atoms with van der Waals surface area (Å²) in [5.74, 6) is 1.05. The van der Waals surface area contributed by atoms with Crippen LogP contribution in [0.3, 0.4) is 0 Å². The van der Waals surface area contributed by atoms with Gasteiger partial charge in [-0.25, -0.2) is 4.98 Å². The van der Waals surface area contributed by atoms with Crippen LogP contribution in [-0.2, 0) is 13.1 Å². The number of anilines is 1. The zero-order chi connectivity index (χ0) is 13.4. The molecule has 1 aromatic heterocycles. The van der Waals surface area contributed by atoms with E-state index in [2.05, 4.69) is 14.5 Å². The van der Waals surface area contributed by atoms with Gasteiger partial charge in [-0.2, -0.15) is 0 Å². The number of carbonyl (C=O) groups excluding carboxylic acids is 1. The Labute approximate surface area is 116 Å². The predicted octanol–water partition coefficient (Wildman–Crippen LogP) is 2.76. The Hall–Kier alpha value is -1.81. The van der Waals surface area contributed by atoms with Crippen LogP contribution in [0, 0.1) is 0 Å². The number of carbonyl (C=O) groups is 1. The van der Waals surface area contributed by atoms with Gasteiger partial charge in [0.1, 0.15) is 5.82 Å². The predicted molar refractivity (Wildman–Crippen MR) is 74.7 cm³/mol. The fourth-order valence-corrected chi connectivity index (χ4v) is 2.69. The molecule has 0 spiro atoms. The van der Waals surface area contributed by atoms with Crippen molar-refractivity contribution in [2.45, 2.75) is 20.0 Å². The Balaban J connectivity index is 1.88. The summed E-state index contributed by atoms with van der Waals surface area (Å²) < 4.78 is 2.15. The first-order valence-corrected chi connectivity index (χ1v) is 6.58. The number of imidazole rings is 1. The van der Waals surface area contributed by atoms with Crippen LogP contribution in [0.2, 0.25) is 5.02 Å². The van der Waals surface area contributed by atoms with E-state index in [1.54, 1.807) is 6.07 Å². The van der Waals surface area contributed by atoms with Gasteiger partial charge in [0.15, 0.2) is 5.78 Å². The highest BCUT2D eigenvalue weighted by Crippen LogP contribution is 2.26. The lowest BCUT2D eigenvalue weighted by Gasteiger charge is -2.29. The van der Waals surface area contributed by atoms with Gasteiger partial charge in [0, 0.05) is 36.7 Å². The fraction of sp³-hybridized carbons (Fsp3) is 0.286. The minimum absolute atomic E-state index is 0.00858. The Morgan fingerprint density at radius 3 is 2.95 bits per heavy atom. The average Bonchev–Trinajstić information content (AvgIpc) is 2.85. The Morgan fingerprint density at radius 1 is 1.37 bits per heavy atom. The van der Waals surface area contributed by atoms with E-state index in [0.717, 1.165) is 31.1 Å². The number of hydrogen-bond donors (Lipinski definition) is 0. The van der Waals surface area contributed by atoms with Gasteiger partial charge in [-0.15, -0.1) is 0 Å². The van der Waals surface area contributed by atoms with Crippen molar-refractivity contribution in [3.8, 4) is 0 Å². The van der Waals surface area contributed by atoms with Crippen molar-refractivity contribution >= 4 is 23.1 Å². The highest BCUT2D eigenvalue weighted by molar-refractivity contribution is 6.34. The summed E-state index contributed by atoms with van der Waals surface area (Å²) in [6.07, 6.45) is 3.82. The first kappa shape index (κ1) is 12.2. The van der Waals surface area contributed by atoms with E-state index in [0.29, 0.717) is 10.6 Å². The van der Waals surface area contributed by atoms with Crippen molar-refractivity contribution in [1.82, 2.24) is 9.55 Å². The van der Waals surface area contributed by atoms with Gasteiger partial charge in [-0.05, 0) is 25.1 Å². The molecular formula is C14H14ClN3O. The zero-order valence-corrected chi connectivity index (χ0v) is 11.4. The molecule has 0 N–H and O–H groups in total. The van der Waals surface area contributed by atoms with Crippen molar-refractivity contribution in [2.24, 2.45) is 0 Å². The molecule has 0 fully saturated rings. The lowest BCUT2D eigenvalue weighted by Crippen LogP contribution is -2.33. The molecule has 0 unspecified atom stereocenters. The zero-order valence-electron chi connectivity index (χ0n) is 10.6. The number of Topliss-reactive ketones (excluding diaryl/α,β-unsaturated/α-hetero) is 1. The molecule has 0 radical (unpaired) electrons. The topological polar surface area (TPSA) is 38.1 Å². The first-order valence-electron chi connectivity index (χ1n) is 6.20. The summed E-state index contributed by atoms with van der Waals surface area (Å²) in [5.41, 5.74) is 1.60. The van der Waals surface area contributed by atoms with Crippen LogP contribution < -0.4 is 4.90 Å². The van der Waals surface area contributed by atoms with Crippen LogP contribution in [0.15, 0.2) is 30.6 Å². The van der Waals surface area contributed by atoms with Crippen molar-refractivity contribution in [3.05, 3.63) is 47.0 Å². The molecule has 0 amide bonds. The van der Waals surface area contributed by atoms with E-state index < -0.39 is 0 Å². The maximum Gasteiger partial charge on any atom is 0.161 e. The molecular weight excluding hydrogens is 262 g/mol. The number of halogens is 1. The molecule has 0 saturated heterocycles. The molecule has 0 saturated carbocycles. The number of ketones is 1. The van der Waals surface area contributed by atoms with Crippen LogP contribution in [0.1, 0.15) is 23.1 Å². The number of rotatable bonds is 2. The normalized spacial score (nSPS) is 14.3. The summed E-state index contributed by atoms with van der Waals surface area (Å²) >= 11 is 6.15. The van der Waals surface area contributed by atoms with E-state index in [4.69, 9.17) is 11.6 Å². The molecule has 2 aromatic rings. The lowest BCUT2D eigenvalue weighted by atomic mass is 10.1. The summed E-state index contributed by atoms with van der Waals surface area (Å²) in [4.78, 5) is 17.9. The number of hydrogen-bond acceptors (Lipinski definition) is 3. The lowest BCUT2D eigenvalue weighted by molar-refractivity contribution is 0.101. The molecule has 0 aliphatic carbocycles. The third kappa shape index (κ3) is 2.24. The minimum Gasteiger partial charge on any atom is -0.362 e. The molecule has 5 heteroatoms. The van der Waals surface area contributed by atoms with Crippen LogP contribution in [0.4, 0.5) is 5.69 Å². The molecule has 4 nitrogen and oxygen atoms in total. The van der Waals surface area contributed by atoms with E-state index in [-0.39, 0.29) is 5.78 Å². The van der Waals surface area contributed by atoms with Crippen molar-refractivity contribution in [1.29, 1.82) is 0 Å². The first-order chi connectivity index (χ1) is 9.15. The van der Waals surface area contributed by atoms with Crippen LogP contribution >= 0.6 is 11.6 Å². The average molecular weight is 276 g/mol. The number of fused-ring (bicyclic) bond motifs is 1. The van der Waals surface area contributed by atoms with Gasteiger partial charge >= 0.3 is 0 Å². The standard InChI is InChI=1S/C14H14ClN3O/c1-10(19)12-3-2-11(8-13(12)15)18-7-6-17-5-4-16-14(17)9-18/h2-5,8H,6-7,9H2,1H3. The third-order valence-corrected chi connectivity index (χ3v) is 3.75. The van der Waals surface area contributed by atoms with Gasteiger partial charge in [0.05, 0.1) is 11.6 Å². The minimum atomic E-state index is -0.00858. The number of nitrogens with zero attached hydrogens (tertiary/aromatic N) is 3. The van der Waals surface area contributed by atoms with Gasteiger partial charge in [-0.3, -0.25) is 4.79 Å². The van der Waals surface area contributed by atoms with Crippen LogP contribution in [-0.4, -0.2) is 21.9 Å². The van der Waals surface area contributed by atoms with Gasteiger partial charge in [0.2, 0.25) is 0 Å². The number of aromatic nitrogens is 2. The molecule has 2 heterocycles. The maximum absolute atomic E-state index is 11.4. The summed E-state index contributed by atoms with van der Waals surface area (Å²) in [7, 11) is 0. The highest BCUT2D eigenvalue weighted by Gasteiger charge is 2.18. The summed E-state index contributed by atoms with van der Waals surface area (Å²) in [6, 6.07) is 5.60. The monoisotopic (exact) mass is 275 g/mol. The molecule has 0 atom stereocenters. The molecule has 1 aliphatic rings. The SMILES string of the molecule is CC(=O)c1ccc(N2CCn3ccnc3C2)cc1Cl. The fourth-order valence-electron chi connectivity index (χ4n) is 2.38. The highest BCUT2D eigenvalue weighted by atomic mass is 35.5. The quantitative estimate of drug-likeness (QED) is 0.791. The van der Waals surface area contributed by atoms with E-state index in [1.165, 1.54) is 6.92 Å². The van der Waals surface area contributed by atoms with Crippen LogP contribution in [0.5, 0.6) is 0 Å². The number of benzene rings is 1. The molecule has 1 aliphatic heterocycles. The second kappa shape index (κ2) is 4.70. The third-order valence-electron chi connectivity index (χ3n) is 3.44.